The average Bonchev–Trinajstić information content (AvgIpc) is 2.62. The fourth-order valence-corrected chi connectivity index (χ4v) is 2.75. The van der Waals surface area contributed by atoms with Crippen LogP contribution in [0.5, 0.6) is 0 Å². The Morgan fingerprint density at radius 3 is 3.00 bits per heavy atom. The number of carbonyl (C=O) groups is 1. The molecular formula is C11H18N2OS2. The summed E-state index contributed by atoms with van der Waals surface area (Å²) in [4.78, 5) is 12.2. The van der Waals surface area contributed by atoms with E-state index in [-0.39, 0.29) is 5.91 Å². The lowest BCUT2D eigenvalue weighted by Crippen LogP contribution is -2.27. The SMILES string of the molecule is CSCC(C)NCc1sccc1NC(C)=O. The molecule has 0 aromatic carbocycles. The first-order valence-electron chi connectivity index (χ1n) is 5.19. The topological polar surface area (TPSA) is 41.1 Å². The van der Waals surface area contributed by atoms with Gasteiger partial charge in [-0.2, -0.15) is 11.8 Å². The van der Waals surface area contributed by atoms with Crippen LogP contribution in [0.15, 0.2) is 11.4 Å². The van der Waals surface area contributed by atoms with Crippen LogP contribution in [0.1, 0.15) is 18.7 Å². The summed E-state index contributed by atoms with van der Waals surface area (Å²) in [6.07, 6.45) is 2.10. The highest BCUT2D eigenvalue weighted by Crippen LogP contribution is 2.22. The molecule has 0 aliphatic rings. The summed E-state index contributed by atoms with van der Waals surface area (Å²) < 4.78 is 0. The van der Waals surface area contributed by atoms with Crippen molar-refractivity contribution in [3.05, 3.63) is 16.3 Å². The van der Waals surface area contributed by atoms with Crippen molar-refractivity contribution in [2.24, 2.45) is 0 Å². The minimum atomic E-state index is -0.0168. The van der Waals surface area contributed by atoms with Gasteiger partial charge in [0, 0.05) is 30.1 Å². The molecule has 1 rings (SSSR count). The number of hydrogen-bond acceptors (Lipinski definition) is 4. The van der Waals surface area contributed by atoms with Gasteiger partial charge in [0.25, 0.3) is 0 Å². The molecule has 0 aliphatic heterocycles. The number of hydrogen-bond donors (Lipinski definition) is 2. The zero-order chi connectivity index (χ0) is 12.0. The largest absolute Gasteiger partial charge is 0.325 e. The van der Waals surface area contributed by atoms with E-state index in [1.165, 1.54) is 11.8 Å². The molecule has 0 fully saturated rings. The van der Waals surface area contributed by atoms with Crippen molar-refractivity contribution in [3.8, 4) is 0 Å². The van der Waals surface area contributed by atoms with Crippen LogP contribution in [0.4, 0.5) is 5.69 Å². The minimum absolute atomic E-state index is 0.0168. The zero-order valence-corrected chi connectivity index (χ0v) is 11.5. The first kappa shape index (κ1) is 13.5. The van der Waals surface area contributed by atoms with Crippen LogP contribution in [0, 0.1) is 0 Å². The van der Waals surface area contributed by atoms with E-state index < -0.39 is 0 Å². The third-order valence-electron chi connectivity index (χ3n) is 2.08. The highest BCUT2D eigenvalue weighted by Gasteiger charge is 2.07. The van der Waals surface area contributed by atoms with Crippen molar-refractivity contribution in [2.45, 2.75) is 26.4 Å². The van der Waals surface area contributed by atoms with Crippen LogP contribution in [-0.4, -0.2) is 24.0 Å². The monoisotopic (exact) mass is 258 g/mol. The van der Waals surface area contributed by atoms with Gasteiger partial charge in [-0.15, -0.1) is 11.3 Å². The fourth-order valence-electron chi connectivity index (χ4n) is 1.35. The maximum Gasteiger partial charge on any atom is 0.221 e. The van der Waals surface area contributed by atoms with E-state index in [0.717, 1.165) is 18.0 Å². The normalized spacial score (nSPS) is 12.4. The lowest BCUT2D eigenvalue weighted by Gasteiger charge is -2.12. The first-order chi connectivity index (χ1) is 7.63. The van der Waals surface area contributed by atoms with Crippen LogP contribution in [0.3, 0.4) is 0 Å². The smallest absolute Gasteiger partial charge is 0.221 e. The van der Waals surface area contributed by atoms with Crippen LogP contribution < -0.4 is 10.6 Å². The summed E-state index contributed by atoms with van der Waals surface area (Å²) in [5.74, 6) is 1.08. The van der Waals surface area contributed by atoms with E-state index in [0.29, 0.717) is 6.04 Å². The fraction of sp³-hybridized carbons (Fsp3) is 0.545. The average molecular weight is 258 g/mol. The Bertz CT molecular complexity index is 338. The van der Waals surface area contributed by atoms with Gasteiger partial charge in [0.2, 0.25) is 5.91 Å². The molecule has 1 unspecified atom stereocenters. The highest BCUT2D eigenvalue weighted by atomic mass is 32.2. The van der Waals surface area contributed by atoms with Gasteiger partial charge in [0.1, 0.15) is 0 Å². The van der Waals surface area contributed by atoms with E-state index in [1.54, 1.807) is 11.3 Å². The molecule has 1 aromatic heterocycles. The number of amides is 1. The number of carbonyl (C=O) groups excluding carboxylic acids is 1. The Hall–Kier alpha value is -0.520. The molecule has 3 nitrogen and oxygen atoms in total. The summed E-state index contributed by atoms with van der Waals surface area (Å²) in [5.41, 5.74) is 0.932. The van der Waals surface area contributed by atoms with Gasteiger partial charge < -0.3 is 10.6 Å². The van der Waals surface area contributed by atoms with Gasteiger partial charge in [-0.05, 0) is 24.6 Å². The predicted octanol–water partition coefficient (Wildman–Crippen LogP) is 2.55. The quantitative estimate of drug-likeness (QED) is 0.824. The Morgan fingerprint density at radius 1 is 1.62 bits per heavy atom. The molecule has 0 saturated carbocycles. The maximum atomic E-state index is 11.0. The third kappa shape index (κ3) is 4.55. The number of nitrogens with one attached hydrogen (secondary N) is 2. The molecule has 1 heterocycles. The Labute approximate surface area is 105 Å². The zero-order valence-electron chi connectivity index (χ0n) is 9.87. The summed E-state index contributed by atoms with van der Waals surface area (Å²) >= 11 is 3.50. The predicted molar refractivity (Wildman–Crippen MR) is 73.3 cm³/mol. The summed E-state index contributed by atoms with van der Waals surface area (Å²) in [6, 6.07) is 2.43. The Kier molecular flexibility index (Phi) is 5.87. The van der Waals surface area contributed by atoms with Gasteiger partial charge in [-0.25, -0.2) is 0 Å². The maximum absolute atomic E-state index is 11.0. The van der Waals surface area contributed by atoms with E-state index in [2.05, 4.69) is 23.8 Å². The van der Waals surface area contributed by atoms with Gasteiger partial charge >= 0.3 is 0 Å². The van der Waals surface area contributed by atoms with Crippen molar-refractivity contribution in [1.29, 1.82) is 0 Å². The molecule has 0 radical (unpaired) electrons. The van der Waals surface area contributed by atoms with Gasteiger partial charge in [-0.1, -0.05) is 0 Å². The molecule has 0 bridgehead atoms. The molecular weight excluding hydrogens is 240 g/mol. The number of anilines is 1. The van der Waals surface area contributed by atoms with Crippen molar-refractivity contribution in [2.75, 3.05) is 17.3 Å². The molecule has 5 heteroatoms. The number of thiophene rings is 1. The lowest BCUT2D eigenvalue weighted by atomic mass is 10.3. The molecule has 0 saturated heterocycles. The molecule has 0 aliphatic carbocycles. The molecule has 16 heavy (non-hydrogen) atoms. The van der Waals surface area contributed by atoms with Crippen LogP contribution in [0.25, 0.3) is 0 Å². The van der Waals surface area contributed by atoms with E-state index in [4.69, 9.17) is 0 Å². The summed E-state index contributed by atoms with van der Waals surface area (Å²) in [6.45, 7) is 4.52. The first-order valence-corrected chi connectivity index (χ1v) is 7.47. The van der Waals surface area contributed by atoms with Crippen molar-refractivity contribution in [1.82, 2.24) is 5.32 Å². The van der Waals surface area contributed by atoms with Crippen LogP contribution in [0.2, 0.25) is 0 Å². The van der Waals surface area contributed by atoms with E-state index in [1.807, 2.05) is 23.2 Å². The van der Waals surface area contributed by atoms with Crippen LogP contribution >= 0.6 is 23.1 Å². The van der Waals surface area contributed by atoms with Crippen LogP contribution in [-0.2, 0) is 11.3 Å². The van der Waals surface area contributed by atoms with E-state index in [9.17, 15) is 4.79 Å². The summed E-state index contributed by atoms with van der Waals surface area (Å²) in [5, 5.41) is 8.27. The lowest BCUT2D eigenvalue weighted by molar-refractivity contribution is -0.114. The number of rotatable bonds is 6. The second-order valence-corrected chi connectivity index (χ2v) is 5.59. The Balaban J connectivity index is 2.47. The number of thioether (sulfide) groups is 1. The van der Waals surface area contributed by atoms with Gasteiger partial charge in [0.05, 0.1) is 5.69 Å². The molecule has 0 spiro atoms. The van der Waals surface area contributed by atoms with E-state index >= 15 is 0 Å². The minimum Gasteiger partial charge on any atom is -0.325 e. The highest BCUT2D eigenvalue weighted by molar-refractivity contribution is 7.98. The molecule has 1 amide bonds. The molecule has 1 aromatic rings. The Morgan fingerprint density at radius 2 is 2.38 bits per heavy atom. The van der Waals surface area contributed by atoms with Crippen molar-refractivity contribution < 1.29 is 4.79 Å². The second kappa shape index (κ2) is 6.93. The molecule has 1 atom stereocenters. The molecule has 90 valence electrons. The molecule has 2 N–H and O–H groups in total. The van der Waals surface area contributed by atoms with Crippen molar-refractivity contribution >= 4 is 34.7 Å². The van der Waals surface area contributed by atoms with Gasteiger partial charge in [0.15, 0.2) is 0 Å². The standard InChI is InChI=1S/C11H18N2OS2/c1-8(7-15-3)12-6-11-10(4-5-16-11)13-9(2)14/h4-5,8,12H,6-7H2,1-3H3,(H,13,14). The van der Waals surface area contributed by atoms with Gasteiger partial charge in [-0.3, -0.25) is 4.79 Å². The van der Waals surface area contributed by atoms with Crippen molar-refractivity contribution in [3.63, 3.8) is 0 Å². The third-order valence-corrected chi connectivity index (χ3v) is 3.84. The second-order valence-electron chi connectivity index (χ2n) is 3.68. The summed E-state index contributed by atoms with van der Waals surface area (Å²) in [7, 11) is 0.